The molecule has 2 amide bonds. The van der Waals surface area contributed by atoms with Crippen LogP contribution in [-0.4, -0.2) is 29.2 Å². The predicted molar refractivity (Wildman–Crippen MR) is 113 cm³/mol. The second-order valence-corrected chi connectivity index (χ2v) is 8.10. The van der Waals surface area contributed by atoms with E-state index in [0.717, 1.165) is 11.1 Å². The zero-order chi connectivity index (χ0) is 19.9. The SMILES string of the molecule is Cc1ccccc1OCC(=O)Nc1sc(SCC(N)=O)nc1-c1ccccc1. The van der Waals surface area contributed by atoms with Crippen molar-refractivity contribution >= 4 is 39.9 Å². The van der Waals surface area contributed by atoms with E-state index in [1.807, 2.05) is 61.5 Å². The monoisotopic (exact) mass is 413 g/mol. The molecule has 2 aromatic carbocycles. The molecule has 3 N–H and O–H groups in total. The van der Waals surface area contributed by atoms with E-state index in [9.17, 15) is 9.59 Å². The highest BCUT2D eigenvalue weighted by atomic mass is 32.2. The van der Waals surface area contributed by atoms with Crippen LogP contribution in [0.4, 0.5) is 5.00 Å². The molecule has 1 heterocycles. The second kappa shape index (κ2) is 9.38. The predicted octanol–water partition coefficient (Wildman–Crippen LogP) is 3.71. The van der Waals surface area contributed by atoms with E-state index in [-0.39, 0.29) is 18.3 Å². The summed E-state index contributed by atoms with van der Waals surface area (Å²) < 4.78 is 6.27. The molecule has 0 fully saturated rings. The van der Waals surface area contributed by atoms with E-state index < -0.39 is 5.91 Å². The Morgan fingerprint density at radius 1 is 1.14 bits per heavy atom. The zero-order valence-electron chi connectivity index (χ0n) is 15.2. The molecular weight excluding hydrogens is 394 g/mol. The number of aromatic nitrogens is 1. The summed E-state index contributed by atoms with van der Waals surface area (Å²) >= 11 is 2.55. The number of carbonyl (C=O) groups excluding carboxylic acids is 2. The summed E-state index contributed by atoms with van der Waals surface area (Å²) in [5.74, 6) is 0.100. The maximum Gasteiger partial charge on any atom is 0.262 e. The number of thioether (sulfide) groups is 1. The number of carbonyl (C=O) groups is 2. The fraction of sp³-hybridized carbons (Fsp3) is 0.150. The number of hydrogen-bond donors (Lipinski definition) is 2. The number of rotatable bonds is 8. The van der Waals surface area contributed by atoms with E-state index in [0.29, 0.717) is 20.8 Å². The molecule has 0 aliphatic heterocycles. The van der Waals surface area contributed by atoms with Crippen molar-refractivity contribution in [1.29, 1.82) is 0 Å². The van der Waals surface area contributed by atoms with Crippen molar-refractivity contribution in [3.05, 3.63) is 60.2 Å². The van der Waals surface area contributed by atoms with E-state index in [1.54, 1.807) is 0 Å². The van der Waals surface area contributed by atoms with Gasteiger partial charge in [-0.15, -0.1) is 0 Å². The lowest BCUT2D eigenvalue weighted by Crippen LogP contribution is -2.20. The lowest BCUT2D eigenvalue weighted by atomic mass is 10.2. The van der Waals surface area contributed by atoms with Gasteiger partial charge in [0.2, 0.25) is 5.91 Å². The van der Waals surface area contributed by atoms with Gasteiger partial charge in [0.25, 0.3) is 5.91 Å². The first-order valence-electron chi connectivity index (χ1n) is 8.48. The van der Waals surface area contributed by atoms with Crippen molar-refractivity contribution in [2.24, 2.45) is 5.73 Å². The van der Waals surface area contributed by atoms with Gasteiger partial charge < -0.3 is 15.8 Å². The fourth-order valence-electron chi connectivity index (χ4n) is 2.40. The first-order valence-corrected chi connectivity index (χ1v) is 10.3. The Balaban J connectivity index is 1.74. The molecule has 0 radical (unpaired) electrons. The van der Waals surface area contributed by atoms with Crippen LogP contribution in [0.25, 0.3) is 11.3 Å². The molecule has 8 heteroatoms. The number of nitrogens with two attached hydrogens (primary N) is 1. The number of para-hydroxylation sites is 1. The van der Waals surface area contributed by atoms with Crippen LogP contribution in [0.1, 0.15) is 5.56 Å². The van der Waals surface area contributed by atoms with Crippen molar-refractivity contribution in [2.45, 2.75) is 11.3 Å². The summed E-state index contributed by atoms with van der Waals surface area (Å²) in [5.41, 5.74) is 7.71. The maximum absolute atomic E-state index is 12.4. The summed E-state index contributed by atoms with van der Waals surface area (Å²) in [6.45, 7) is 1.81. The van der Waals surface area contributed by atoms with Crippen molar-refractivity contribution < 1.29 is 14.3 Å². The first-order chi connectivity index (χ1) is 13.5. The van der Waals surface area contributed by atoms with Gasteiger partial charge in [-0.3, -0.25) is 9.59 Å². The molecule has 0 saturated heterocycles. The molecule has 28 heavy (non-hydrogen) atoms. The molecular formula is C20H19N3O3S2. The van der Waals surface area contributed by atoms with Crippen LogP contribution in [0, 0.1) is 6.92 Å². The van der Waals surface area contributed by atoms with Gasteiger partial charge in [-0.25, -0.2) is 4.98 Å². The number of aryl methyl sites for hydroxylation is 1. The van der Waals surface area contributed by atoms with Crippen LogP contribution in [0.3, 0.4) is 0 Å². The van der Waals surface area contributed by atoms with Crippen LogP contribution < -0.4 is 15.8 Å². The van der Waals surface area contributed by atoms with Crippen LogP contribution in [-0.2, 0) is 9.59 Å². The van der Waals surface area contributed by atoms with Crippen LogP contribution in [0.15, 0.2) is 58.9 Å². The number of hydrogen-bond acceptors (Lipinski definition) is 6. The molecule has 0 atom stereocenters. The number of primary amides is 1. The molecule has 0 aliphatic rings. The van der Waals surface area contributed by atoms with Crippen molar-refractivity contribution in [1.82, 2.24) is 4.98 Å². The molecule has 0 bridgehead atoms. The Bertz CT molecular complexity index is 974. The number of ether oxygens (including phenoxy) is 1. The van der Waals surface area contributed by atoms with Crippen LogP contribution in [0.2, 0.25) is 0 Å². The van der Waals surface area contributed by atoms with Gasteiger partial charge in [0, 0.05) is 5.56 Å². The molecule has 1 aromatic heterocycles. The Morgan fingerprint density at radius 2 is 1.86 bits per heavy atom. The molecule has 0 saturated carbocycles. The van der Waals surface area contributed by atoms with Gasteiger partial charge in [0.05, 0.1) is 5.75 Å². The Morgan fingerprint density at radius 3 is 2.57 bits per heavy atom. The van der Waals surface area contributed by atoms with E-state index in [2.05, 4.69) is 10.3 Å². The number of thiazole rings is 1. The number of anilines is 1. The average Bonchev–Trinajstić information content (AvgIpc) is 3.09. The Hall–Kier alpha value is -2.84. The molecule has 3 rings (SSSR count). The summed E-state index contributed by atoms with van der Waals surface area (Å²) in [7, 11) is 0. The smallest absolute Gasteiger partial charge is 0.262 e. The Kier molecular flexibility index (Phi) is 6.67. The van der Waals surface area contributed by atoms with Crippen molar-refractivity contribution in [3.63, 3.8) is 0 Å². The number of nitrogens with zero attached hydrogens (tertiary/aromatic N) is 1. The number of nitrogens with one attached hydrogen (secondary N) is 1. The lowest BCUT2D eigenvalue weighted by Gasteiger charge is -2.09. The highest BCUT2D eigenvalue weighted by molar-refractivity contribution is 8.01. The maximum atomic E-state index is 12.4. The molecule has 0 spiro atoms. The standard InChI is InChI=1S/C20H19N3O3S2/c1-13-7-5-6-10-15(13)26-11-17(25)22-19-18(14-8-3-2-4-9-14)23-20(28-19)27-12-16(21)24/h2-10H,11-12H2,1H3,(H2,21,24)(H,22,25). The van der Waals surface area contributed by atoms with Crippen LogP contribution in [0.5, 0.6) is 5.75 Å². The third-order valence-electron chi connectivity index (χ3n) is 3.70. The third kappa shape index (κ3) is 5.34. The van der Waals surface area contributed by atoms with Gasteiger partial charge in [-0.05, 0) is 18.6 Å². The average molecular weight is 414 g/mol. The minimum atomic E-state index is -0.418. The van der Waals surface area contributed by atoms with Gasteiger partial charge in [-0.1, -0.05) is 71.6 Å². The summed E-state index contributed by atoms with van der Waals surface area (Å²) in [6.07, 6.45) is 0. The van der Waals surface area contributed by atoms with Crippen LogP contribution >= 0.6 is 23.1 Å². The first kappa shape index (κ1) is 19.9. The largest absolute Gasteiger partial charge is 0.483 e. The quantitative estimate of drug-likeness (QED) is 0.549. The fourth-order valence-corrected chi connectivity index (χ4v) is 4.22. The topological polar surface area (TPSA) is 94.3 Å². The molecule has 6 nitrogen and oxygen atoms in total. The van der Waals surface area contributed by atoms with E-state index >= 15 is 0 Å². The highest BCUT2D eigenvalue weighted by Crippen LogP contribution is 2.37. The summed E-state index contributed by atoms with van der Waals surface area (Å²) in [6, 6.07) is 17.1. The van der Waals surface area contributed by atoms with E-state index in [4.69, 9.17) is 10.5 Å². The second-order valence-electron chi connectivity index (χ2n) is 5.88. The molecule has 3 aromatic rings. The zero-order valence-corrected chi connectivity index (χ0v) is 16.8. The minimum absolute atomic E-state index is 0.110. The van der Waals surface area contributed by atoms with Gasteiger partial charge in [0.15, 0.2) is 10.9 Å². The molecule has 0 aliphatic carbocycles. The van der Waals surface area contributed by atoms with Gasteiger partial charge >= 0.3 is 0 Å². The third-order valence-corrected chi connectivity index (χ3v) is 5.83. The van der Waals surface area contributed by atoms with Crippen molar-refractivity contribution in [3.8, 4) is 17.0 Å². The molecule has 144 valence electrons. The summed E-state index contributed by atoms with van der Waals surface area (Å²) in [5, 5.41) is 3.48. The van der Waals surface area contributed by atoms with E-state index in [1.165, 1.54) is 23.1 Å². The Labute approximate surface area is 171 Å². The van der Waals surface area contributed by atoms with Gasteiger partial charge in [-0.2, -0.15) is 0 Å². The molecule has 0 unspecified atom stereocenters. The lowest BCUT2D eigenvalue weighted by molar-refractivity contribution is -0.118. The van der Waals surface area contributed by atoms with Crippen molar-refractivity contribution in [2.75, 3.05) is 17.7 Å². The minimum Gasteiger partial charge on any atom is -0.483 e. The number of benzene rings is 2. The summed E-state index contributed by atoms with van der Waals surface area (Å²) in [4.78, 5) is 28.0. The highest BCUT2D eigenvalue weighted by Gasteiger charge is 2.17. The normalized spacial score (nSPS) is 10.5. The number of amides is 2. The van der Waals surface area contributed by atoms with Gasteiger partial charge in [0.1, 0.15) is 16.4 Å².